The minimum Gasteiger partial charge on any atom is -0.459 e. The zero-order valence-electron chi connectivity index (χ0n) is 17.6. The van der Waals surface area contributed by atoms with Crippen LogP contribution in [-0.4, -0.2) is 59.1 Å². The molecule has 1 aliphatic rings. The topological polar surface area (TPSA) is 105 Å². The molecule has 1 fully saturated rings. The maximum absolute atomic E-state index is 12.7. The van der Waals surface area contributed by atoms with Crippen molar-refractivity contribution in [1.82, 2.24) is 20.4 Å². The Morgan fingerprint density at radius 1 is 1.13 bits per heavy atom. The van der Waals surface area contributed by atoms with Gasteiger partial charge >= 0.3 is 0 Å². The normalized spacial score (nSPS) is 15.0. The largest absolute Gasteiger partial charge is 0.459 e. The van der Waals surface area contributed by atoms with E-state index in [-0.39, 0.29) is 11.7 Å². The van der Waals surface area contributed by atoms with Crippen molar-refractivity contribution in [2.45, 2.75) is 26.3 Å². The molecule has 3 aromatic rings. The number of rotatable bonds is 6. The van der Waals surface area contributed by atoms with Crippen molar-refractivity contribution in [1.29, 1.82) is 0 Å². The number of furan rings is 1. The van der Waals surface area contributed by atoms with Crippen LogP contribution in [0.1, 0.15) is 30.3 Å². The molecule has 9 nitrogen and oxygen atoms in total. The Hall–Kier alpha value is -3.62. The van der Waals surface area contributed by atoms with Crippen LogP contribution in [0.25, 0.3) is 11.4 Å². The van der Waals surface area contributed by atoms with Gasteiger partial charge in [0.1, 0.15) is 6.04 Å². The van der Waals surface area contributed by atoms with Gasteiger partial charge in [-0.1, -0.05) is 12.1 Å². The van der Waals surface area contributed by atoms with Gasteiger partial charge < -0.3 is 24.1 Å². The number of aryl methyl sites for hydroxylation is 1. The minimum atomic E-state index is -0.619. The number of nitrogens with zero attached hydrogens (tertiary/aromatic N) is 4. The number of piperazine rings is 1. The molecule has 4 rings (SSSR count). The van der Waals surface area contributed by atoms with Crippen molar-refractivity contribution in [3.63, 3.8) is 0 Å². The maximum Gasteiger partial charge on any atom is 0.287 e. The van der Waals surface area contributed by atoms with Crippen molar-refractivity contribution in [2.75, 3.05) is 31.1 Å². The van der Waals surface area contributed by atoms with E-state index in [4.69, 9.17) is 8.94 Å². The maximum atomic E-state index is 12.7. The molecule has 1 aromatic carbocycles. The summed E-state index contributed by atoms with van der Waals surface area (Å²) in [6.45, 7) is 6.27. The third kappa shape index (κ3) is 4.60. The fraction of sp³-hybridized carbons (Fsp3) is 0.364. The number of nitrogens with one attached hydrogen (secondary N) is 1. The number of aromatic nitrogens is 2. The van der Waals surface area contributed by atoms with Gasteiger partial charge in [-0.2, -0.15) is 4.98 Å². The molecule has 2 amide bonds. The highest BCUT2D eigenvalue weighted by Gasteiger charge is 2.26. The molecule has 0 saturated carbocycles. The van der Waals surface area contributed by atoms with Gasteiger partial charge in [-0.25, -0.2) is 0 Å². The summed E-state index contributed by atoms with van der Waals surface area (Å²) in [6, 6.07) is 10.6. The molecule has 0 bridgehead atoms. The lowest BCUT2D eigenvalue weighted by Gasteiger charge is -2.37. The summed E-state index contributed by atoms with van der Waals surface area (Å²) >= 11 is 0. The van der Waals surface area contributed by atoms with Gasteiger partial charge in [-0.05, 0) is 43.3 Å². The molecule has 0 spiro atoms. The fourth-order valence-electron chi connectivity index (χ4n) is 3.53. The molecule has 1 atom stereocenters. The lowest BCUT2D eigenvalue weighted by atomic mass is 10.1. The smallest absolute Gasteiger partial charge is 0.287 e. The zero-order valence-corrected chi connectivity index (χ0v) is 17.6. The summed E-state index contributed by atoms with van der Waals surface area (Å²) in [5, 5.41) is 6.70. The summed E-state index contributed by atoms with van der Waals surface area (Å²) in [7, 11) is 0. The van der Waals surface area contributed by atoms with E-state index in [1.807, 2.05) is 31.2 Å². The number of anilines is 1. The summed E-state index contributed by atoms with van der Waals surface area (Å²) in [5.41, 5.74) is 1.98. The summed E-state index contributed by atoms with van der Waals surface area (Å²) in [4.78, 5) is 33.2. The van der Waals surface area contributed by atoms with Gasteiger partial charge in [0.05, 0.1) is 6.26 Å². The number of carbonyl (C=O) groups excluding carboxylic acids is 2. The Kier molecular flexibility index (Phi) is 6.01. The lowest BCUT2D eigenvalue weighted by Crippen LogP contribution is -2.54. The highest BCUT2D eigenvalue weighted by molar-refractivity contribution is 5.95. The van der Waals surface area contributed by atoms with Gasteiger partial charge in [-0.15, -0.1) is 0 Å². The SMILES string of the molecule is CCc1nc(-c2ccc(N3CCN(C(=O)[C@H](C)NC(=O)c4ccco4)CC3)cc2)no1. The molecule has 162 valence electrons. The Bertz CT molecular complexity index is 1020. The highest BCUT2D eigenvalue weighted by atomic mass is 16.5. The quantitative estimate of drug-likeness (QED) is 0.649. The second-order valence-corrected chi connectivity index (χ2v) is 7.40. The van der Waals surface area contributed by atoms with E-state index >= 15 is 0 Å². The average Bonchev–Trinajstić information content (AvgIpc) is 3.51. The van der Waals surface area contributed by atoms with Crippen molar-refractivity contribution in [3.8, 4) is 11.4 Å². The Morgan fingerprint density at radius 2 is 1.87 bits per heavy atom. The molecule has 2 aromatic heterocycles. The molecule has 31 heavy (non-hydrogen) atoms. The first-order valence-corrected chi connectivity index (χ1v) is 10.4. The summed E-state index contributed by atoms with van der Waals surface area (Å²) in [5.74, 6) is 0.912. The fourth-order valence-corrected chi connectivity index (χ4v) is 3.53. The van der Waals surface area contributed by atoms with E-state index in [9.17, 15) is 9.59 Å². The molecule has 0 radical (unpaired) electrons. The van der Waals surface area contributed by atoms with Gasteiger partial charge in [0.15, 0.2) is 5.76 Å². The van der Waals surface area contributed by atoms with E-state index in [1.54, 1.807) is 24.0 Å². The van der Waals surface area contributed by atoms with Gasteiger partial charge in [0.2, 0.25) is 17.6 Å². The van der Waals surface area contributed by atoms with E-state index in [0.717, 1.165) is 11.3 Å². The van der Waals surface area contributed by atoms with E-state index in [2.05, 4.69) is 20.4 Å². The van der Waals surface area contributed by atoms with Gasteiger partial charge in [0.25, 0.3) is 5.91 Å². The minimum absolute atomic E-state index is 0.0984. The van der Waals surface area contributed by atoms with Crippen molar-refractivity contribution in [3.05, 3.63) is 54.3 Å². The Balaban J connectivity index is 1.30. The zero-order chi connectivity index (χ0) is 21.8. The van der Waals surface area contributed by atoms with Crippen LogP contribution in [0.2, 0.25) is 0 Å². The lowest BCUT2D eigenvalue weighted by molar-refractivity contribution is -0.133. The van der Waals surface area contributed by atoms with E-state index in [0.29, 0.717) is 44.3 Å². The van der Waals surface area contributed by atoms with Crippen molar-refractivity contribution in [2.24, 2.45) is 0 Å². The molecule has 1 N–H and O–H groups in total. The Morgan fingerprint density at radius 3 is 2.48 bits per heavy atom. The molecule has 9 heteroatoms. The number of carbonyl (C=O) groups is 2. The molecule has 0 unspecified atom stereocenters. The third-order valence-corrected chi connectivity index (χ3v) is 5.32. The predicted octanol–water partition coefficient (Wildman–Crippen LogP) is 2.36. The van der Waals surface area contributed by atoms with Gasteiger partial charge in [0, 0.05) is 43.9 Å². The van der Waals surface area contributed by atoms with Crippen LogP contribution >= 0.6 is 0 Å². The molecular formula is C22H25N5O4. The highest BCUT2D eigenvalue weighted by Crippen LogP contribution is 2.22. The van der Waals surface area contributed by atoms with Gasteiger partial charge in [-0.3, -0.25) is 9.59 Å². The van der Waals surface area contributed by atoms with Crippen LogP contribution in [0.5, 0.6) is 0 Å². The average molecular weight is 423 g/mol. The van der Waals surface area contributed by atoms with Crippen LogP contribution in [-0.2, 0) is 11.2 Å². The predicted molar refractivity (Wildman–Crippen MR) is 114 cm³/mol. The number of hydrogen-bond donors (Lipinski definition) is 1. The second kappa shape index (κ2) is 9.03. The standard InChI is InChI=1S/C22H25N5O4/c1-3-19-24-20(25-31-19)16-6-8-17(9-7-16)26-10-12-27(13-11-26)22(29)15(2)23-21(28)18-5-4-14-30-18/h4-9,14-15H,3,10-13H2,1-2H3,(H,23,28)/t15-/m0/s1. The molecular weight excluding hydrogens is 398 g/mol. The molecule has 0 aliphatic carbocycles. The first kappa shape index (κ1) is 20.6. The van der Waals surface area contributed by atoms with Crippen LogP contribution in [0, 0.1) is 0 Å². The first-order valence-electron chi connectivity index (χ1n) is 10.4. The molecule has 1 saturated heterocycles. The van der Waals surface area contributed by atoms with Crippen LogP contribution in [0.4, 0.5) is 5.69 Å². The summed E-state index contributed by atoms with van der Waals surface area (Å²) < 4.78 is 10.2. The second-order valence-electron chi connectivity index (χ2n) is 7.40. The molecule has 1 aliphatic heterocycles. The van der Waals surface area contributed by atoms with Crippen LogP contribution in [0.3, 0.4) is 0 Å². The number of amides is 2. The Labute approximate surface area is 180 Å². The van der Waals surface area contributed by atoms with Crippen LogP contribution in [0.15, 0.2) is 51.6 Å². The number of hydrogen-bond acceptors (Lipinski definition) is 7. The monoisotopic (exact) mass is 423 g/mol. The molecule has 3 heterocycles. The van der Waals surface area contributed by atoms with Crippen molar-refractivity contribution >= 4 is 17.5 Å². The van der Waals surface area contributed by atoms with E-state index < -0.39 is 11.9 Å². The van der Waals surface area contributed by atoms with Crippen molar-refractivity contribution < 1.29 is 18.5 Å². The third-order valence-electron chi connectivity index (χ3n) is 5.32. The van der Waals surface area contributed by atoms with E-state index in [1.165, 1.54) is 6.26 Å². The summed E-state index contributed by atoms with van der Waals surface area (Å²) in [6.07, 6.45) is 2.14. The van der Waals surface area contributed by atoms with Crippen LogP contribution < -0.4 is 10.2 Å². The number of benzene rings is 1. The first-order chi connectivity index (χ1) is 15.0.